The first kappa shape index (κ1) is 6.86. The monoisotopic (exact) mass is 148 g/mol. The van der Waals surface area contributed by atoms with Gasteiger partial charge in [-0.2, -0.15) is 0 Å². The molecule has 1 aromatic rings. The van der Waals surface area contributed by atoms with E-state index in [1.807, 2.05) is 0 Å². The molecule has 1 heteroatoms. The maximum absolute atomic E-state index is 5.17. The van der Waals surface area contributed by atoms with Crippen LogP contribution in [0.2, 0.25) is 0 Å². The van der Waals surface area contributed by atoms with Crippen LogP contribution in [0.15, 0.2) is 24.3 Å². The molecule has 1 saturated heterocycles. The lowest BCUT2D eigenvalue weighted by molar-refractivity contribution is 0.407. The lowest BCUT2D eigenvalue weighted by Gasteiger charge is -2.01. The fourth-order valence-corrected chi connectivity index (χ4v) is 1.27. The molecule has 0 amide bonds. The number of epoxide rings is 1. The van der Waals surface area contributed by atoms with Crippen LogP contribution in [-0.4, -0.2) is 12.7 Å². The van der Waals surface area contributed by atoms with E-state index in [9.17, 15) is 0 Å². The molecule has 0 aromatic heterocycles. The van der Waals surface area contributed by atoms with E-state index in [2.05, 4.69) is 31.2 Å². The molecule has 0 N–H and O–H groups in total. The third-order valence-electron chi connectivity index (χ3n) is 2.11. The van der Waals surface area contributed by atoms with Crippen molar-refractivity contribution in [1.29, 1.82) is 0 Å². The zero-order valence-corrected chi connectivity index (χ0v) is 6.71. The largest absolute Gasteiger partial charge is 0.373 e. The Bertz CT molecular complexity index is 251. The number of ether oxygens (including phenoxy) is 1. The predicted octanol–water partition coefficient (Wildman–Crippen LogP) is 1.94. The van der Waals surface area contributed by atoms with Gasteiger partial charge in [-0.05, 0) is 18.1 Å². The first-order valence-electron chi connectivity index (χ1n) is 4.02. The normalized spacial score (nSPS) is 21.7. The Kier molecular flexibility index (Phi) is 1.66. The molecule has 1 fully saturated rings. The summed E-state index contributed by atoms with van der Waals surface area (Å²) < 4.78 is 5.17. The van der Waals surface area contributed by atoms with Crippen LogP contribution in [0.5, 0.6) is 0 Å². The number of rotatable bonds is 2. The van der Waals surface area contributed by atoms with E-state index in [0.717, 1.165) is 13.0 Å². The van der Waals surface area contributed by atoms with Crippen molar-refractivity contribution >= 4 is 0 Å². The second-order valence-corrected chi connectivity index (χ2v) is 3.09. The molecule has 58 valence electrons. The molecule has 1 aliphatic heterocycles. The van der Waals surface area contributed by atoms with Crippen molar-refractivity contribution < 1.29 is 4.74 Å². The first-order valence-corrected chi connectivity index (χ1v) is 4.02. The lowest BCUT2D eigenvalue weighted by atomic mass is 10.0. The van der Waals surface area contributed by atoms with E-state index < -0.39 is 0 Å². The highest BCUT2D eigenvalue weighted by Gasteiger charge is 2.22. The van der Waals surface area contributed by atoms with Gasteiger partial charge in [0.2, 0.25) is 0 Å². The lowest BCUT2D eigenvalue weighted by Crippen LogP contribution is -1.94. The molecular formula is C10H12O. The minimum absolute atomic E-state index is 0.510. The van der Waals surface area contributed by atoms with Gasteiger partial charge in [0.05, 0.1) is 12.7 Å². The highest BCUT2D eigenvalue weighted by atomic mass is 16.6. The Morgan fingerprint density at radius 1 is 1.45 bits per heavy atom. The van der Waals surface area contributed by atoms with Crippen molar-refractivity contribution in [3.8, 4) is 0 Å². The minimum Gasteiger partial charge on any atom is -0.373 e. The van der Waals surface area contributed by atoms with Crippen LogP contribution in [0.4, 0.5) is 0 Å². The fraction of sp³-hybridized carbons (Fsp3) is 0.400. The van der Waals surface area contributed by atoms with Crippen LogP contribution in [0.25, 0.3) is 0 Å². The van der Waals surface area contributed by atoms with E-state index >= 15 is 0 Å². The van der Waals surface area contributed by atoms with Gasteiger partial charge in [0.1, 0.15) is 0 Å². The summed E-state index contributed by atoms with van der Waals surface area (Å²) in [7, 11) is 0. The van der Waals surface area contributed by atoms with Crippen LogP contribution >= 0.6 is 0 Å². The average molecular weight is 148 g/mol. The summed E-state index contributed by atoms with van der Waals surface area (Å²) in [5.41, 5.74) is 2.80. The summed E-state index contributed by atoms with van der Waals surface area (Å²) in [6.07, 6.45) is 1.60. The summed E-state index contributed by atoms with van der Waals surface area (Å²) in [4.78, 5) is 0. The Balaban J connectivity index is 2.15. The summed E-state index contributed by atoms with van der Waals surface area (Å²) >= 11 is 0. The van der Waals surface area contributed by atoms with Crippen LogP contribution < -0.4 is 0 Å². The van der Waals surface area contributed by atoms with Gasteiger partial charge >= 0.3 is 0 Å². The van der Waals surface area contributed by atoms with Crippen LogP contribution in [-0.2, 0) is 11.2 Å². The predicted molar refractivity (Wildman–Crippen MR) is 44.6 cm³/mol. The summed E-state index contributed by atoms with van der Waals surface area (Å²) in [5, 5.41) is 0. The van der Waals surface area contributed by atoms with Gasteiger partial charge in [0.25, 0.3) is 0 Å². The van der Waals surface area contributed by atoms with E-state index in [-0.39, 0.29) is 0 Å². The standard InChI is InChI=1S/C10H12O/c1-8-4-2-3-5-9(8)6-10-7-11-10/h2-5,10H,6-7H2,1H3/t10-/m1/s1. The Morgan fingerprint density at radius 2 is 2.18 bits per heavy atom. The van der Waals surface area contributed by atoms with Crippen LogP contribution in [0, 0.1) is 6.92 Å². The zero-order valence-electron chi connectivity index (χ0n) is 6.71. The van der Waals surface area contributed by atoms with Crippen LogP contribution in [0.3, 0.4) is 0 Å². The van der Waals surface area contributed by atoms with Gasteiger partial charge in [-0.3, -0.25) is 0 Å². The Labute approximate surface area is 67.0 Å². The minimum atomic E-state index is 0.510. The quantitative estimate of drug-likeness (QED) is 0.584. The van der Waals surface area contributed by atoms with Gasteiger partial charge in [-0.15, -0.1) is 0 Å². The maximum atomic E-state index is 5.17. The number of hydrogen-bond acceptors (Lipinski definition) is 1. The smallest absolute Gasteiger partial charge is 0.0850 e. The number of aryl methyl sites for hydroxylation is 1. The molecule has 1 atom stereocenters. The molecule has 0 saturated carbocycles. The van der Waals surface area contributed by atoms with Crippen molar-refractivity contribution in [3.63, 3.8) is 0 Å². The molecular weight excluding hydrogens is 136 g/mol. The topological polar surface area (TPSA) is 12.5 Å². The summed E-state index contributed by atoms with van der Waals surface area (Å²) in [5.74, 6) is 0. The SMILES string of the molecule is Cc1ccccc1C[C@@H]1CO1. The third kappa shape index (κ3) is 1.60. The van der Waals surface area contributed by atoms with Crippen molar-refractivity contribution in [1.82, 2.24) is 0 Å². The molecule has 0 unspecified atom stereocenters. The Hall–Kier alpha value is -0.820. The summed E-state index contributed by atoms with van der Waals surface area (Å²) in [6, 6.07) is 8.49. The van der Waals surface area contributed by atoms with Gasteiger partial charge in [-0.25, -0.2) is 0 Å². The molecule has 1 heterocycles. The highest BCUT2D eigenvalue weighted by Crippen LogP contribution is 2.18. The highest BCUT2D eigenvalue weighted by molar-refractivity contribution is 5.26. The van der Waals surface area contributed by atoms with Gasteiger partial charge in [0, 0.05) is 6.42 Å². The second-order valence-electron chi connectivity index (χ2n) is 3.09. The van der Waals surface area contributed by atoms with Crippen molar-refractivity contribution in [2.45, 2.75) is 19.4 Å². The molecule has 2 rings (SSSR count). The average Bonchev–Trinajstić information content (AvgIpc) is 2.78. The molecule has 0 aliphatic carbocycles. The maximum Gasteiger partial charge on any atom is 0.0850 e. The molecule has 11 heavy (non-hydrogen) atoms. The Morgan fingerprint density at radius 3 is 2.82 bits per heavy atom. The summed E-state index contributed by atoms with van der Waals surface area (Å²) in [6.45, 7) is 3.10. The number of hydrogen-bond donors (Lipinski definition) is 0. The molecule has 0 radical (unpaired) electrons. The van der Waals surface area contributed by atoms with Gasteiger partial charge < -0.3 is 4.74 Å². The van der Waals surface area contributed by atoms with Gasteiger partial charge in [-0.1, -0.05) is 24.3 Å². The fourth-order valence-electron chi connectivity index (χ4n) is 1.27. The van der Waals surface area contributed by atoms with E-state index in [1.54, 1.807) is 0 Å². The molecule has 1 aromatic carbocycles. The molecule has 1 nitrogen and oxygen atoms in total. The number of benzene rings is 1. The molecule has 0 spiro atoms. The van der Waals surface area contributed by atoms with E-state index in [1.165, 1.54) is 11.1 Å². The second kappa shape index (κ2) is 2.67. The van der Waals surface area contributed by atoms with E-state index in [4.69, 9.17) is 4.74 Å². The zero-order chi connectivity index (χ0) is 7.68. The molecule has 1 aliphatic rings. The molecule has 0 bridgehead atoms. The van der Waals surface area contributed by atoms with Gasteiger partial charge in [0.15, 0.2) is 0 Å². The van der Waals surface area contributed by atoms with Crippen molar-refractivity contribution in [2.24, 2.45) is 0 Å². The van der Waals surface area contributed by atoms with Crippen molar-refractivity contribution in [3.05, 3.63) is 35.4 Å². The van der Waals surface area contributed by atoms with E-state index in [0.29, 0.717) is 6.10 Å². The third-order valence-corrected chi connectivity index (χ3v) is 2.11. The first-order chi connectivity index (χ1) is 5.36. The van der Waals surface area contributed by atoms with Crippen molar-refractivity contribution in [2.75, 3.05) is 6.61 Å². The van der Waals surface area contributed by atoms with Crippen LogP contribution in [0.1, 0.15) is 11.1 Å².